The molecule has 0 aliphatic carbocycles. The summed E-state index contributed by atoms with van der Waals surface area (Å²) in [7, 11) is 0. The molecule has 0 aromatic rings. The van der Waals surface area contributed by atoms with Crippen LogP contribution in [0.4, 0.5) is 4.79 Å². The number of carbonyl (C=O) groups is 1. The molecule has 130 valence electrons. The predicted molar refractivity (Wildman–Crippen MR) is 83.6 cm³/mol. The van der Waals surface area contributed by atoms with Gasteiger partial charge in [0, 0.05) is 13.2 Å². The van der Waals surface area contributed by atoms with Crippen LogP contribution in [0.25, 0.3) is 0 Å². The molecule has 1 N–H and O–H groups in total. The summed E-state index contributed by atoms with van der Waals surface area (Å²) < 4.78 is 16.6. The van der Waals surface area contributed by atoms with Crippen LogP contribution in [0.15, 0.2) is 0 Å². The monoisotopic (exact) mass is 317 g/mol. The Kier molecular flexibility index (Phi) is 8.14. The predicted octanol–water partition coefficient (Wildman–Crippen LogP) is 2.54. The van der Waals surface area contributed by atoms with E-state index in [4.69, 9.17) is 14.2 Å². The summed E-state index contributed by atoms with van der Waals surface area (Å²) >= 11 is 0. The third kappa shape index (κ3) is 6.94. The average molecular weight is 317 g/mol. The molecule has 1 amide bonds. The summed E-state index contributed by atoms with van der Waals surface area (Å²) in [4.78, 5) is 13.7. The lowest BCUT2D eigenvalue weighted by Crippen LogP contribution is -2.45. The number of hydrogen-bond donors (Lipinski definition) is 1. The lowest BCUT2D eigenvalue weighted by atomic mass is 10.2. The Labute approximate surface area is 133 Å². The number of carbonyl (C=O) groups excluding carboxylic acids is 1. The summed E-state index contributed by atoms with van der Waals surface area (Å²) in [5.74, 6) is 0. The number of aliphatic hydroxyl groups is 1. The van der Waals surface area contributed by atoms with E-state index in [0.717, 1.165) is 25.9 Å². The van der Waals surface area contributed by atoms with Crippen molar-refractivity contribution in [1.29, 1.82) is 0 Å². The van der Waals surface area contributed by atoms with Crippen molar-refractivity contribution in [2.75, 3.05) is 26.4 Å². The zero-order chi connectivity index (χ0) is 16.6. The van der Waals surface area contributed by atoms with E-state index in [2.05, 4.69) is 0 Å². The van der Waals surface area contributed by atoms with Gasteiger partial charge >= 0.3 is 6.09 Å². The molecule has 1 rings (SSSR count). The summed E-state index contributed by atoms with van der Waals surface area (Å²) in [6.07, 6.45) is 3.12. The standard InChI is InChI=1S/C16H31NO5/c1-5-17(15(19)22-16(2,3)4)13(12-18)9-11-21-14-8-6-7-10-20-14/h13-14,18H,5-12H2,1-4H3/t13-,14?/m0/s1. The topological polar surface area (TPSA) is 68.2 Å². The molecular formula is C16H31NO5. The number of hydrogen-bond acceptors (Lipinski definition) is 5. The van der Waals surface area contributed by atoms with Crippen LogP contribution in [0.5, 0.6) is 0 Å². The quantitative estimate of drug-likeness (QED) is 0.781. The molecule has 1 aliphatic heterocycles. The molecule has 0 saturated carbocycles. The van der Waals surface area contributed by atoms with Crippen LogP contribution >= 0.6 is 0 Å². The maximum Gasteiger partial charge on any atom is 0.410 e. The Morgan fingerprint density at radius 3 is 2.64 bits per heavy atom. The second-order valence-electron chi connectivity index (χ2n) is 6.56. The second kappa shape index (κ2) is 9.33. The second-order valence-corrected chi connectivity index (χ2v) is 6.56. The number of ether oxygens (including phenoxy) is 3. The molecule has 2 atom stereocenters. The molecule has 1 aliphatic rings. The lowest BCUT2D eigenvalue weighted by molar-refractivity contribution is -0.164. The average Bonchev–Trinajstić information content (AvgIpc) is 2.45. The Morgan fingerprint density at radius 2 is 2.14 bits per heavy atom. The summed E-state index contributed by atoms with van der Waals surface area (Å²) in [5, 5.41) is 9.58. The van der Waals surface area contributed by atoms with Crippen LogP contribution in [0.1, 0.15) is 53.4 Å². The highest BCUT2D eigenvalue weighted by Gasteiger charge is 2.27. The van der Waals surface area contributed by atoms with E-state index in [-0.39, 0.29) is 18.9 Å². The van der Waals surface area contributed by atoms with Gasteiger partial charge in [0.2, 0.25) is 0 Å². The van der Waals surface area contributed by atoms with E-state index < -0.39 is 11.7 Å². The molecule has 1 saturated heterocycles. The van der Waals surface area contributed by atoms with Crippen molar-refractivity contribution < 1.29 is 24.1 Å². The van der Waals surface area contributed by atoms with Crippen LogP contribution in [0.2, 0.25) is 0 Å². The zero-order valence-corrected chi connectivity index (χ0v) is 14.3. The number of nitrogens with zero attached hydrogens (tertiary/aromatic N) is 1. The van der Waals surface area contributed by atoms with Gasteiger partial charge in [0.1, 0.15) is 5.60 Å². The minimum absolute atomic E-state index is 0.109. The maximum absolute atomic E-state index is 12.2. The normalized spacial score (nSPS) is 20.5. The van der Waals surface area contributed by atoms with Crippen molar-refractivity contribution in [3.05, 3.63) is 0 Å². The molecular weight excluding hydrogens is 286 g/mol. The van der Waals surface area contributed by atoms with E-state index in [1.54, 1.807) is 4.90 Å². The first-order valence-corrected chi connectivity index (χ1v) is 8.21. The molecule has 1 fully saturated rings. The molecule has 1 heterocycles. The van der Waals surface area contributed by atoms with E-state index in [0.29, 0.717) is 19.6 Å². The van der Waals surface area contributed by atoms with Crippen molar-refractivity contribution in [2.45, 2.75) is 71.3 Å². The van der Waals surface area contributed by atoms with Crippen molar-refractivity contribution in [2.24, 2.45) is 0 Å². The van der Waals surface area contributed by atoms with Gasteiger partial charge in [-0.1, -0.05) is 0 Å². The first kappa shape index (κ1) is 19.2. The fraction of sp³-hybridized carbons (Fsp3) is 0.938. The van der Waals surface area contributed by atoms with Gasteiger partial charge in [0.15, 0.2) is 6.29 Å². The Balaban J connectivity index is 2.43. The van der Waals surface area contributed by atoms with Crippen molar-refractivity contribution in [1.82, 2.24) is 4.90 Å². The molecule has 6 heteroatoms. The first-order chi connectivity index (χ1) is 10.4. The first-order valence-electron chi connectivity index (χ1n) is 8.21. The highest BCUT2D eigenvalue weighted by molar-refractivity contribution is 5.68. The highest BCUT2D eigenvalue weighted by Crippen LogP contribution is 2.16. The smallest absolute Gasteiger partial charge is 0.410 e. The third-order valence-corrected chi connectivity index (χ3v) is 3.51. The van der Waals surface area contributed by atoms with Gasteiger partial charge in [-0.3, -0.25) is 0 Å². The van der Waals surface area contributed by atoms with Gasteiger partial charge in [-0.25, -0.2) is 4.79 Å². The molecule has 22 heavy (non-hydrogen) atoms. The van der Waals surface area contributed by atoms with Crippen LogP contribution in [-0.4, -0.2) is 60.4 Å². The lowest BCUT2D eigenvalue weighted by Gasteiger charge is -2.32. The molecule has 1 unspecified atom stereocenters. The minimum atomic E-state index is -0.545. The number of likely N-dealkylation sites (N-methyl/N-ethyl adjacent to an activating group) is 1. The Morgan fingerprint density at radius 1 is 1.41 bits per heavy atom. The van der Waals surface area contributed by atoms with Crippen LogP contribution in [0.3, 0.4) is 0 Å². The molecule has 0 radical (unpaired) electrons. The van der Waals surface area contributed by atoms with E-state index in [9.17, 15) is 9.90 Å². The van der Waals surface area contributed by atoms with Crippen LogP contribution in [0, 0.1) is 0 Å². The summed E-state index contributed by atoms with van der Waals surface area (Å²) in [5.41, 5.74) is -0.545. The van der Waals surface area contributed by atoms with Crippen molar-refractivity contribution in [3.8, 4) is 0 Å². The van der Waals surface area contributed by atoms with Crippen LogP contribution < -0.4 is 0 Å². The number of aliphatic hydroxyl groups excluding tert-OH is 1. The highest BCUT2D eigenvalue weighted by atomic mass is 16.7. The number of rotatable bonds is 7. The third-order valence-electron chi connectivity index (χ3n) is 3.51. The largest absolute Gasteiger partial charge is 0.444 e. The minimum Gasteiger partial charge on any atom is -0.444 e. The maximum atomic E-state index is 12.2. The summed E-state index contributed by atoms with van der Waals surface area (Å²) in [6, 6.07) is -0.302. The Bertz CT molecular complexity index is 323. The van der Waals surface area contributed by atoms with Gasteiger partial charge in [-0.05, 0) is 53.4 Å². The van der Waals surface area contributed by atoms with E-state index in [1.807, 2.05) is 27.7 Å². The zero-order valence-electron chi connectivity index (χ0n) is 14.3. The van der Waals surface area contributed by atoms with E-state index >= 15 is 0 Å². The molecule has 0 bridgehead atoms. The van der Waals surface area contributed by atoms with Gasteiger partial charge in [-0.2, -0.15) is 0 Å². The molecule has 6 nitrogen and oxygen atoms in total. The molecule has 0 aromatic carbocycles. The molecule has 0 aromatic heterocycles. The summed E-state index contributed by atoms with van der Waals surface area (Å²) in [6.45, 7) is 8.94. The van der Waals surface area contributed by atoms with Gasteiger partial charge in [0.25, 0.3) is 0 Å². The SMILES string of the molecule is CCN(C(=O)OC(C)(C)C)[C@H](CO)CCOC1CCCCO1. The number of amides is 1. The van der Waals surface area contributed by atoms with Gasteiger partial charge in [-0.15, -0.1) is 0 Å². The fourth-order valence-corrected chi connectivity index (χ4v) is 2.38. The van der Waals surface area contributed by atoms with Crippen molar-refractivity contribution >= 4 is 6.09 Å². The van der Waals surface area contributed by atoms with Crippen molar-refractivity contribution in [3.63, 3.8) is 0 Å². The fourth-order valence-electron chi connectivity index (χ4n) is 2.38. The molecule has 0 spiro atoms. The van der Waals surface area contributed by atoms with Gasteiger partial charge in [0.05, 0.1) is 19.3 Å². The van der Waals surface area contributed by atoms with Crippen LogP contribution in [-0.2, 0) is 14.2 Å². The van der Waals surface area contributed by atoms with Gasteiger partial charge < -0.3 is 24.2 Å². The Hall–Kier alpha value is -0.850. The van der Waals surface area contributed by atoms with E-state index in [1.165, 1.54) is 0 Å².